The number of carboxylic acids is 1. The summed E-state index contributed by atoms with van der Waals surface area (Å²) >= 11 is 12.1. The number of carboxylic acid groups (broad SMARTS) is 1. The summed E-state index contributed by atoms with van der Waals surface area (Å²) in [7, 11) is 1.72. The molecule has 0 amide bonds. The molecule has 1 aromatic heterocycles. The highest BCUT2D eigenvalue weighted by atomic mass is 35.5. The van der Waals surface area contributed by atoms with Crippen molar-refractivity contribution in [1.82, 2.24) is 9.78 Å². The standard InChI is InChI=1S/C13H12Cl2N2O3/c1-7-9(12(15)17(2)16-7)6-20-11-8(13(18)19)4-3-5-10(11)14/h3-5H,6H2,1-2H3,(H,18,19). The molecule has 20 heavy (non-hydrogen) atoms. The molecule has 0 fully saturated rings. The van der Waals surface area contributed by atoms with Gasteiger partial charge in [0.2, 0.25) is 0 Å². The molecular weight excluding hydrogens is 303 g/mol. The number of hydrogen-bond donors (Lipinski definition) is 1. The Morgan fingerprint density at radius 2 is 2.15 bits per heavy atom. The second-order valence-electron chi connectivity index (χ2n) is 4.19. The molecule has 5 nitrogen and oxygen atoms in total. The lowest BCUT2D eigenvalue weighted by atomic mass is 10.2. The number of aromatic carboxylic acids is 1. The highest BCUT2D eigenvalue weighted by molar-refractivity contribution is 6.32. The van der Waals surface area contributed by atoms with Crippen molar-refractivity contribution in [2.75, 3.05) is 0 Å². The topological polar surface area (TPSA) is 64.4 Å². The molecule has 0 aliphatic heterocycles. The Morgan fingerprint density at radius 1 is 1.45 bits per heavy atom. The maximum absolute atomic E-state index is 11.1. The second-order valence-corrected chi connectivity index (χ2v) is 4.95. The molecule has 1 aromatic carbocycles. The van der Waals surface area contributed by atoms with Gasteiger partial charge in [0.1, 0.15) is 17.3 Å². The summed E-state index contributed by atoms with van der Waals surface area (Å²) in [5.74, 6) is -0.975. The Kier molecular flexibility index (Phi) is 4.20. The number of rotatable bonds is 4. The predicted molar refractivity (Wildman–Crippen MR) is 75.7 cm³/mol. The van der Waals surface area contributed by atoms with E-state index in [0.29, 0.717) is 10.7 Å². The van der Waals surface area contributed by atoms with Gasteiger partial charge < -0.3 is 9.84 Å². The zero-order chi connectivity index (χ0) is 14.9. The number of halogens is 2. The summed E-state index contributed by atoms with van der Waals surface area (Å²) < 4.78 is 7.07. The Bertz CT molecular complexity index is 668. The van der Waals surface area contributed by atoms with E-state index < -0.39 is 5.97 Å². The van der Waals surface area contributed by atoms with E-state index in [1.54, 1.807) is 26.1 Å². The third-order valence-corrected chi connectivity index (χ3v) is 3.60. The van der Waals surface area contributed by atoms with Gasteiger partial charge in [-0.3, -0.25) is 4.68 Å². The fourth-order valence-electron chi connectivity index (χ4n) is 1.81. The minimum absolute atomic E-state index is 0.00941. The largest absolute Gasteiger partial charge is 0.486 e. The molecule has 0 aliphatic carbocycles. The number of para-hydroxylation sites is 1. The van der Waals surface area contributed by atoms with Gasteiger partial charge in [0, 0.05) is 12.6 Å². The smallest absolute Gasteiger partial charge is 0.339 e. The number of aromatic nitrogens is 2. The van der Waals surface area contributed by atoms with Gasteiger partial charge in [0.05, 0.1) is 10.7 Å². The van der Waals surface area contributed by atoms with Gasteiger partial charge in [-0.15, -0.1) is 0 Å². The molecule has 106 valence electrons. The van der Waals surface area contributed by atoms with Gasteiger partial charge >= 0.3 is 5.97 Å². The van der Waals surface area contributed by atoms with Crippen LogP contribution in [0.15, 0.2) is 18.2 Å². The Hall–Kier alpha value is -1.72. The van der Waals surface area contributed by atoms with Crippen molar-refractivity contribution >= 4 is 29.2 Å². The second kappa shape index (κ2) is 5.73. The average Bonchev–Trinajstić information content (AvgIpc) is 2.62. The molecule has 0 bridgehead atoms. The zero-order valence-corrected chi connectivity index (χ0v) is 12.4. The third kappa shape index (κ3) is 2.73. The van der Waals surface area contributed by atoms with Crippen molar-refractivity contribution in [2.45, 2.75) is 13.5 Å². The van der Waals surface area contributed by atoms with Crippen LogP contribution in [0.1, 0.15) is 21.6 Å². The van der Waals surface area contributed by atoms with Gasteiger partial charge in [0.15, 0.2) is 5.75 Å². The quantitative estimate of drug-likeness (QED) is 0.940. The van der Waals surface area contributed by atoms with Crippen molar-refractivity contribution in [2.24, 2.45) is 7.05 Å². The highest BCUT2D eigenvalue weighted by Crippen LogP contribution is 2.30. The van der Waals surface area contributed by atoms with Gasteiger partial charge in [0.25, 0.3) is 0 Å². The monoisotopic (exact) mass is 314 g/mol. The highest BCUT2D eigenvalue weighted by Gasteiger charge is 2.17. The van der Waals surface area contributed by atoms with Gasteiger partial charge in [-0.25, -0.2) is 4.79 Å². The summed E-state index contributed by atoms with van der Waals surface area (Å²) in [5, 5.41) is 14.0. The number of aryl methyl sites for hydroxylation is 2. The molecule has 0 saturated heterocycles. The molecule has 1 heterocycles. The SMILES string of the molecule is Cc1nn(C)c(Cl)c1COc1c(Cl)cccc1C(=O)O. The summed E-state index contributed by atoms with van der Waals surface area (Å²) in [5.41, 5.74) is 1.43. The van der Waals surface area contributed by atoms with E-state index in [9.17, 15) is 4.79 Å². The van der Waals surface area contributed by atoms with E-state index in [1.165, 1.54) is 10.7 Å². The van der Waals surface area contributed by atoms with Crippen LogP contribution >= 0.6 is 23.2 Å². The first-order chi connectivity index (χ1) is 9.41. The first-order valence-electron chi connectivity index (χ1n) is 5.74. The summed E-state index contributed by atoms with van der Waals surface area (Å²) in [6.07, 6.45) is 0. The number of benzene rings is 1. The third-order valence-electron chi connectivity index (χ3n) is 2.83. The average molecular weight is 315 g/mol. The van der Waals surface area contributed by atoms with Crippen LogP contribution in [0.2, 0.25) is 10.2 Å². The fraction of sp³-hybridized carbons (Fsp3) is 0.231. The van der Waals surface area contributed by atoms with Crippen LogP contribution in [0.3, 0.4) is 0 Å². The Labute approximate surface area is 125 Å². The Morgan fingerprint density at radius 3 is 2.70 bits per heavy atom. The van der Waals surface area contributed by atoms with E-state index in [-0.39, 0.29) is 22.9 Å². The molecule has 0 spiro atoms. The van der Waals surface area contributed by atoms with Crippen molar-refractivity contribution in [1.29, 1.82) is 0 Å². The fourth-order valence-corrected chi connectivity index (χ4v) is 2.26. The predicted octanol–water partition coefficient (Wildman–Crippen LogP) is 3.31. The van der Waals surface area contributed by atoms with Crippen LogP contribution in [0.4, 0.5) is 0 Å². The van der Waals surface area contributed by atoms with Crippen molar-refractivity contribution < 1.29 is 14.6 Å². The Balaban J connectivity index is 2.30. The maximum Gasteiger partial charge on any atom is 0.339 e. The first kappa shape index (κ1) is 14.7. The lowest BCUT2D eigenvalue weighted by Gasteiger charge is -2.10. The van der Waals surface area contributed by atoms with Gasteiger partial charge in [-0.05, 0) is 19.1 Å². The lowest BCUT2D eigenvalue weighted by Crippen LogP contribution is -2.04. The van der Waals surface area contributed by atoms with Crippen LogP contribution in [0.5, 0.6) is 5.75 Å². The molecule has 0 aliphatic rings. The van der Waals surface area contributed by atoms with Crippen LogP contribution in [0, 0.1) is 6.92 Å². The number of ether oxygens (including phenoxy) is 1. The van der Waals surface area contributed by atoms with Crippen LogP contribution < -0.4 is 4.74 Å². The maximum atomic E-state index is 11.1. The summed E-state index contributed by atoms with van der Waals surface area (Å²) in [6.45, 7) is 1.90. The molecule has 1 N–H and O–H groups in total. The van der Waals surface area contributed by atoms with E-state index >= 15 is 0 Å². The first-order valence-corrected chi connectivity index (χ1v) is 6.50. The van der Waals surface area contributed by atoms with Crippen molar-refractivity contribution in [3.63, 3.8) is 0 Å². The normalized spacial score (nSPS) is 10.6. The van der Waals surface area contributed by atoms with Gasteiger partial charge in [-0.1, -0.05) is 29.3 Å². The van der Waals surface area contributed by atoms with Crippen molar-refractivity contribution in [3.8, 4) is 5.75 Å². The minimum Gasteiger partial charge on any atom is -0.486 e. The summed E-state index contributed by atoms with van der Waals surface area (Å²) in [4.78, 5) is 11.1. The molecule has 0 radical (unpaired) electrons. The molecule has 0 unspecified atom stereocenters. The molecule has 0 atom stereocenters. The number of hydrogen-bond acceptors (Lipinski definition) is 3. The van der Waals surface area contributed by atoms with Crippen LogP contribution in [0.25, 0.3) is 0 Å². The summed E-state index contributed by atoms with van der Waals surface area (Å²) in [6, 6.07) is 4.56. The van der Waals surface area contributed by atoms with E-state index in [0.717, 1.165) is 5.69 Å². The number of nitrogens with zero attached hydrogens (tertiary/aromatic N) is 2. The van der Waals surface area contributed by atoms with Gasteiger partial charge in [-0.2, -0.15) is 5.10 Å². The molecule has 2 aromatic rings. The molecule has 7 heteroatoms. The molecule has 0 saturated carbocycles. The lowest BCUT2D eigenvalue weighted by molar-refractivity contribution is 0.0692. The molecular formula is C13H12Cl2N2O3. The van der Waals surface area contributed by atoms with Crippen LogP contribution in [-0.4, -0.2) is 20.9 Å². The molecule has 2 rings (SSSR count). The van der Waals surface area contributed by atoms with E-state index in [4.69, 9.17) is 33.0 Å². The zero-order valence-electron chi connectivity index (χ0n) is 10.9. The number of carbonyl (C=O) groups is 1. The van der Waals surface area contributed by atoms with Crippen LogP contribution in [-0.2, 0) is 13.7 Å². The van der Waals surface area contributed by atoms with Crippen molar-refractivity contribution in [3.05, 3.63) is 45.2 Å². The minimum atomic E-state index is -1.10. The van der Waals surface area contributed by atoms with E-state index in [1.807, 2.05) is 0 Å². The van der Waals surface area contributed by atoms with E-state index in [2.05, 4.69) is 5.10 Å².